The maximum atomic E-state index is 12.5. The summed E-state index contributed by atoms with van der Waals surface area (Å²) < 4.78 is 0. The van der Waals surface area contributed by atoms with Gasteiger partial charge in [-0.3, -0.25) is 4.79 Å². The molecule has 0 bridgehead atoms. The molecular weight excluding hydrogens is 294 g/mol. The molecule has 2 aromatic rings. The second kappa shape index (κ2) is 6.80. The molecule has 1 aliphatic heterocycles. The van der Waals surface area contributed by atoms with Crippen LogP contribution in [0.1, 0.15) is 30.0 Å². The number of halogens is 1. The Hall–Kier alpha value is -2.06. The van der Waals surface area contributed by atoms with E-state index < -0.39 is 0 Å². The lowest BCUT2D eigenvalue weighted by atomic mass is 10.0. The lowest BCUT2D eigenvalue weighted by molar-refractivity contribution is -0.126. The topological polar surface area (TPSA) is 20.3 Å². The zero-order chi connectivity index (χ0) is 15.4. The molecule has 0 aromatic heterocycles. The maximum absolute atomic E-state index is 12.5. The lowest BCUT2D eigenvalue weighted by Crippen LogP contribution is -2.28. The van der Waals surface area contributed by atoms with Crippen LogP contribution in [0.5, 0.6) is 0 Å². The number of likely N-dealkylation sites (tertiary alicyclic amines) is 1. The molecule has 1 aliphatic rings. The van der Waals surface area contributed by atoms with Crippen molar-refractivity contribution in [3.8, 4) is 0 Å². The Morgan fingerprint density at radius 3 is 2.55 bits per heavy atom. The molecule has 0 spiro atoms. The summed E-state index contributed by atoms with van der Waals surface area (Å²) in [6.45, 7) is 0.823. The summed E-state index contributed by atoms with van der Waals surface area (Å²) in [7, 11) is 0. The van der Waals surface area contributed by atoms with Crippen molar-refractivity contribution in [1.82, 2.24) is 4.90 Å². The second-order valence-corrected chi connectivity index (χ2v) is 5.92. The first-order valence-corrected chi connectivity index (χ1v) is 7.91. The van der Waals surface area contributed by atoms with E-state index in [1.165, 1.54) is 5.56 Å². The third-order valence-corrected chi connectivity index (χ3v) is 4.26. The van der Waals surface area contributed by atoms with Crippen molar-refractivity contribution in [3.63, 3.8) is 0 Å². The van der Waals surface area contributed by atoms with Gasteiger partial charge in [-0.15, -0.1) is 0 Å². The molecule has 1 fully saturated rings. The van der Waals surface area contributed by atoms with E-state index in [4.69, 9.17) is 11.6 Å². The first-order valence-electron chi connectivity index (χ1n) is 7.53. The number of hydrogen-bond donors (Lipinski definition) is 0. The van der Waals surface area contributed by atoms with Crippen molar-refractivity contribution in [2.75, 3.05) is 6.54 Å². The molecule has 2 nitrogen and oxygen atoms in total. The summed E-state index contributed by atoms with van der Waals surface area (Å²) in [5.41, 5.74) is 2.20. The molecule has 1 heterocycles. The van der Waals surface area contributed by atoms with Crippen LogP contribution in [0.3, 0.4) is 0 Å². The molecule has 0 N–H and O–H groups in total. The smallest absolute Gasteiger partial charge is 0.247 e. The highest BCUT2D eigenvalue weighted by Crippen LogP contribution is 2.31. The highest BCUT2D eigenvalue weighted by Gasteiger charge is 2.28. The second-order valence-electron chi connectivity index (χ2n) is 5.49. The number of benzene rings is 2. The van der Waals surface area contributed by atoms with Gasteiger partial charge in [0.15, 0.2) is 0 Å². The van der Waals surface area contributed by atoms with Gasteiger partial charge >= 0.3 is 0 Å². The molecular formula is C19H18ClNO. The van der Waals surface area contributed by atoms with Crippen molar-refractivity contribution in [3.05, 3.63) is 76.8 Å². The van der Waals surface area contributed by atoms with Gasteiger partial charge in [-0.1, -0.05) is 54.1 Å². The Labute approximate surface area is 136 Å². The van der Waals surface area contributed by atoms with E-state index in [0.717, 1.165) is 24.9 Å². The highest BCUT2D eigenvalue weighted by molar-refractivity contribution is 6.30. The molecule has 1 amide bonds. The van der Waals surface area contributed by atoms with Gasteiger partial charge < -0.3 is 4.90 Å². The number of carbonyl (C=O) groups is 1. The zero-order valence-corrected chi connectivity index (χ0v) is 13.0. The molecule has 3 rings (SSSR count). The fourth-order valence-corrected chi connectivity index (χ4v) is 3.02. The Bertz CT molecular complexity index is 664. The minimum absolute atomic E-state index is 0.0707. The van der Waals surface area contributed by atoms with Crippen LogP contribution in [0.4, 0.5) is 0 Å². The molecule has 3 heteroatoms. The monoisotopic (exact) mass is 311 g/mol. The number of nitrogens with zero attached hydrogens (tertiary/aromatic N) is 1. The van der Waals surface area contributed by atoms with E-state index in [1.54, 1.807) is 6.08 Å². The van der Waals surface area contributed by atoms with E-state index in [-0.39, 0.29) is 11.9 Å². The van der Waals surface area contributed by atoms with Crippen molar-refractivity contribution < 1.29 is 4.79 Å². The Kier molecular flexibility index (Phi) is 4.59. The summed E-state index contributed by atoms with van der Waals surface area (Å²) in [5.74, 6) is 0.0707. The van der Waals surface area contributed by atoms with Gasteiger partial charge in [-0.05, 0) is 42.2 Å². The minimum atomic E-state index is 0.0707. The van der Waals surface area contributed by atoms with Crippen LogP contribution in [-0.2, 0) is 4.79 Å². The first-order chi connectivity index (χ1) is 10.7. The average molecular weight is 312 g/mol. The number of amides is 1. The largest absolute Gasteiger partial charge is 0.332 e. The van der Waals surface area contributed by atoms with Crippen molar-refractivity contribution >= 4 is 23.6 Å². The number of hydrogen-bond acceptors (Lipinski definition) is 1. The molecule has 0 saturated carbocycles. The zero-order valence-electron chi connectivity index (χ0n) is 12.3. The van der Waals surface area contributed by atoms with Crippen molar-refractivity contribution in [1.29, 1.82) is 0 Å². The molecule has 0 radical (unpaired) electrons. The van der Waals surface area contributed by atoms with Crippen LogP contribution in [0.15, 0.2) is 60.7 Å². The molecule has 0 unspecified atom stereocenters. The molecule has 1 atom stereocenters. The molecule has 2 aromatic carbocycles. The van der Waals surface area contributed by atoms with Gasteiger partial charge in [0, 0.05) is 17.6 Å². The maximum Gasteiger partial charge on any atom is 0.247 e. The van der Waals surface area contributed by atoms with Crippen LogP contribution >= 0.6 is 11.6 Å². The van der Waals surface area contributed by atoms with Gasteiger partial charge in [0.05, 0.1) is 6.04 Å². The highest BCUT2D eigenvalue weighted by atomic mass is 35.5. The minimum Gasteiger partial charge on any atom is -0.332 e. The average Bonchev–Trinajstić information content (AvgIpc) is 3.04. The Morgan fingerprint density at radius 2 is 1.82 bits per heavy atom. The fraction of sp³-hybridized carbons (Fsp3) is 0.211. The lowest BCUT2D eigenvalue weighted by Gasteiger charge is -2.23. The Balaban J connectivity index is 1.72. The predicted octanol–water partition coefficient (Wildman–Crippen LogP) is 4.72. The summed E-state index contributed by atoms with van der Waals surface area (Å²) in [6.07, 6.45) is 5.59. The normalized spacial score (nSPS) is 18.0. The molecule has 22 heavy (non-hydrogen) atoms. The Morgan fingerprint density at radius 1 is 1.09 bits per heavy atom. The third kappa shape index (κ3) is 3.40. The van der Waals surface area contributed by atoms with Gasteiger partial charge in [0.1, 0.15) is 0 Å². The molecule has 0 aliphatic carbocycles. The van der Waals surface area contributed by atoms with Gasteiger partial charge in [-0.25, -0.2) is 0 Å². The SMILES string of the molecule is O=C(/C=C/c1ccc(Cl)cc1)N1CCC[C@@H]1c1ccccc1. The molecule has 112 valence electrons. The van der Waals surface area contributed by atoms with Gasteiger partial charge in [-0.2, -0.15) is 0 Å². The first kappa shape index (κ1) is 14.9. The third-order valence-electron chi connectivity index (χ3n) is 4.01. The number of carbonyl (C=O) groups excluding carboxylic acids is 1. The summed E-state index contributed by atoms with van der Waals surface area (Å²) in [5, 5.41) is 0.701. The van der Waals surface area contributed by atoms with Gasteiger partial charge in [0.25, 0.3) is 0 Å². The van der Waals surface area contributed by atoms with E-state index in [2.05, 4.69) is 12.1 Å². The van der Waals surface area contributed by atoms with E-state index in [0.29, 0.717) is 5.02 Å². The van der Waals surface area contributed by atoms with Crippen LogP contribution < -0.4 is 0 Å². The summed E-state index contributed by atoms with van der Waals surface area (Å²) in [6, 6.07) is 17.9. The van der Waals surface area contributed by atoms with E-state index in [9.17, 15) is 4.79 Å². The van der Waals surface area contributed by atoms with Crippen molar-refractivity contribution in [2.24, 2.45) is 0 Å². The van der Waals surface area contributed by atoms with Crippen LogP contribution in [0, 0.1) is 0 Å². The standard InChI is InChI=1S/C19H18ClNO/c20-17-11-8-15(9-12-17)10-13-19(22)21-14-4-7-18(21)16-5-2-1-3-6-16/h1-3,5-6,8-13,18H,4,7,14H2/b13-10+/t18-/m1/s1. The van der Waals surface area contributed by atoms with Crippen molar-refractivity contribution in [2.45, 2.75) is 18.9 Å². The van der Waals surface area contributed by atoms with Crippen LogP contribution in [0.25, 0.3) is 6.08 Å². The summed E-state index contributed by atoms with van der Waals surface area (Å²) in [4.78, 5) is 14.4. The van der Waals surface area contributed by atoms with E-state index in [1.807, 2.05) is 53.4 Å². The fourth-order valence-electron chi connectivity index (χ4n) is 2.89. The quantitative estimate of drug-likeness (QED) is 0.751. The van der Waals surface area contributed by atoms with E-state index >= 15 is 0 Å². The predicted molar refractivity (Wildman–Crippen MR) is 90.6 cm³/mol. The van der Waals surface area contributed by atoms with Crippen LogP contribution in [-0.4, -0.2) is 17.4 Å². The van der Waals surface area contributed by atoms with Crippen LogP contribution in [0.2, 0.25) is 5.02 Å². The number of rotatable bonds is 3. The van der Waals surface area contributed by atoms with Gasteiger partial charge in [0.2, 0.25) is 5.91 Å². The molecule has 1 saturated heterocycles. The summed E-state index contributed by atoms with van der Waals surface area (Å²) >= 11 is 5.87.